The summed E-state index contributed by atoms with van der Waals surface area (Å²) >= 11 is 1.47. The molecule has 5 nitrogen and oxygen atoms in total. The molecular formula is C22H21FN2O3S. The van der Waals surface area contributed by atoms with Crippen LogP contribution >= 0.6 is 11.3 Å². The molecule has 0 fully saturated rings. The molecule has 2 aromatic carbocycles. The molecule has 0 bridgehead atoms. The molecule has 29 heavy (non-hydrogen) atoms. The SMILES string of the molecule is O=C(CCCNC(=O)c1ccsc1)NCc1ccc(Oc2ccc(F)cc2)cc1. The maximum absolute atomic E-state index is 12.9. The van der Waals surface area contributed by atoms with Crippen LogP contribution in [0.25, 0.3) is 0 Å². The highest BCUT2D eigenvalue weighted by Crippen LogP contribution is 2.21. The Balaban J connectivity index is 1.34. The molecule has 1 heterocycles. The first-order chi connectivity index (χ1) is 14.1. The maximum Gasteiger partial charge on any atom is 0.252 e. The lowest BCUT2D eigenvalue weighted by atomic mass is 10.2. The van der Waals surface area contributed by atoms with E-state index in [9.17, 15) is 14.0 Å². The van der Waals surface area contributed by atoms with Crippen molar-refractivity contribution in [2.75, 3.05) is 6.54 Å². The predicted octanol–water partition coefficient (Wildman–Crippen LogP) is 4.51. The number of thiophene rings is 1. The van der Waals surface area contributed by atoms with Crippen molar-refractivity contribution in [1.82, 2.24) is 10.6 Å². The fourth-order valence-electron chi connectivity index (χ4n) is 2.55. The van der Waals surface area contributed by atoms with Gasteiger partial charge in [-0.25, -0.2) is 4.39 Å². The van der Waals surface area contributed by atoms with E-state index in [2.05, 4.69) is 10.6 Å². The van der Waals surface area contributed by atoms with Gasteiger partial charge in [-0.3, -0.25) is 9.59 Å². The van der Waals surface area contributed by atoms with Crippen molar-refractivity contribution in [2.45, 2.75) is 19.4 Å². The highest BCUT2D eigenvalue weighted by Gasteiger charge is 2.06. The van der Waals surface area contributed by atoms with E-state index in [1.807, 2.05) is 17.5 Å². The zero-order valence-corrected chi connectivity index (χ0v) is 16.5. The molecule has 0 saturated heterocycles. The first-order valence-electron chi connectivity index (χ1n) is 9.19. The Labute approximate surface area is 172 Å². The summed E-state index contributed by atoms with van der Waals surface area (Å²) in [5, 5.41) is 9.29. The predicted molar refractivity (Wildman–Crippen MR) is 111 cm³/mol. The molecule has 0 aliphatic carbocycles. The standard InChI is InChI=1S/C22H21FN2O3S/c23-18-5-9-20(10-6-18)28-19-7-3-16(4-8-19)14-25-21(26)2-1-12-24-22(27)17-11-13-29-15-17/h3-11,13,15H,1-2,12,14H2,(H,24,27)(H,25,26). The van der Waals surface area contributed by atoms with Crippen molar-refractivity contribution in [3.05, 3.63) is 82.3 Å². The molecule has 0 aliphatic heterocycles. The van der Waals surface area contributed by atoms with Gasteiger partial charge in [-0.15, -0.1) is 0 Å². The van der Waals surface area contributed by atoms with Crippen LogP contribution in [0, 0.1) is 5.82 Å². The highest BCUT2D eigenvalue weighted by atomic mass is 32.1. The van der Waals surface area contributed by atoms with Crippen molar-refractivity contribution in [1.29, 1.82) is 0 Å². The van der Waals surface area contributed by atoms with E-state index in [1.165, 1.54) is 23.5 Å². The minimum absolute atomic E-state index is 0.0681. The molecule has 2 N–H and O–H groups in total. The van der Waals surface area contributed by atoms with Crippen LogP contribution in [0.1, 0.15) is 28.8 Å². The van der Waals surface area contributed by atoms with E-state index in [0.29, 0.717) is 43.0 Å². The number of hydrogen-bond acceptors (Lipinski definition) is 4. The summed E-state index contributed by atoms with van der Waals surface area (Å²) in [6.07, 6.45) is 0.918. The fourth-order valence-corrected chi connectivity index (χ4v) is 3.19. The number of nitrogens with one attached hydrogen (secondary N) is 2. The van der Waals surface area contributed by atoms with Crippen LogP contribution in [0.2, 0.25) is 0 Å². The van der Waals surface area contributed by atoms with Crippen LogP contribution in [0.15, 0.2) is 65.4 Å². The summed E-state index contributed by atoms with van der Waals surface area (Å²) < 4.78 is 18.5. The third-order valence-corrected chi connectivity index (χ3v) is 4.80. The second-order valence-electron chi connectivity index (χ2n) is 6.35. The van der Waals surface area contributed by atoms with E-state index in [1.54, 1.807) is 35.7 Å². The van der Waals surface area contributed by atoms with Crippen molar-refractivity contribution in [2.24, 2.45) is 0 Å². The third kappa shape index (κ3) is 6.73. The van der Waals surface area contributed by atoms with Gasteiger partial charge in [-0.05, 0) is 59.8 Å². The van der Waals surface area contributed by atoms with Crippen LogP contribution in [0.5, 0.6) is 11.5 Å². The van der Waals surface area contributed by atoms with Crippen molar-refractivity contribution in [3.63, 3.8) is 0 Å². The second-order valence-corrected chi connectivity index (χ2v) is 7.13. The zero-order valence-electron chi connectivity index (χ0n) is 15.7. The molecule has 0 atom stereocenters. The molecule has 0 unspecified atom stereocenters. The number of ether oxygens (including phenoxy) is 1. The summed E-state index contributed by atoms with van der Waals surface area (Å²) in [7, 11) is 0. The van der Waals surface area contributed by atoms with Gasteiger partial charge >= 0.3 is 0 Å². The number of carbonyl (C=O) groups excluding carboxylic acids is 2. The summed E-state index contributed by atoms with van der Waals surface area (Å²) in [6.45, 7) is 0.869. The van der Waals surface area contributed by atoms with Gasteiger partial charge in [0.25, 0.3) is 5.91 Å². The van der Waals surface area contributed by atoms with E-state index in [-0.39, 0.29) is 17.6 Å². The maximum atomic E-state index is 12.9. The van der Waals surface area contributed by atoms with Gasteiger partial charge < -0.3 is 15.4 Å². The summed E-state index contributed by atoms with van der Waals surface area (Å²) in [4.78, 5) is 23.7. The Kier molecular flexibility index (Phi) is 7.35. The first kappa shape index (κ1) is 20.5. The number of carbonyl (C=O) groups is 2. The first-order valence-corrected chi connectivity index (χ1v) is 10.1. The minimum Gasteiger partial charge on any atom is -0.457 e. The Morgan fingerprint density at radius 1 is 0.931 bits per heavy atom. The molecule has 0 radical (unpaired) electrons. The molecule has 3 rings (SSSR count). The average molecular weight is 412 g/mol. The van der Waals surface area contributed by atoms with Gasteiger partial charge in [0.1, 0.15) is 17.3 Å². The largest absolute Gasteiger partial charge is 0.457 e. The quantitative estimate of drug-likeness (QED) is 0.508. The van der Waals surface area contributed by atoms with E-state index >= 15 is 0 Å². The molecule has 0 saturated carbocycles. The molecule has 0 spiro atoms. The van der Waals surface area contributed by atoms with Gasteiger partial charge in [0.05, 0.1) is 0 Å². The van der Waals surface area contributed by atoms with Gasteiger partial charge in [0, 0.05) is 30.5 Å². The number of benzene rings is 2. The number of amides is 2. The third-order valence-electron chi connectivity index (χ3n) is 4.11. The Morgan fingerprint density at radius 2 is 1.62 bits per heavy atom. The lowest BCUT2D eigenvalue weighted by Crippen LogP contribution is -2.27. The summed E-state index contributed by atoms with van der Waals surface area (Å²) in [6, 6.07) is 14.9. The van der Waals surface area contributed by atoms with E-state index in [4.69, 9.17) is 4.74 Å². The van der Waals surface area contributed by atoms with Crippen LogP contribution in [-0.4, -0.2) is 18.4 Å². The highest BCUT2D eigenvalue weighted by molar-refractivity contribution is 7.08. The van der Waals surface area contributed by atoms with Gasteiger partial charge in [-0.1, -0.05) is 12.1 Å². The zero-order chi connectivity index (χ0) is 20.5. The number of hydrogen-bond donors (Lipinski definition) is 2. The van der Waals surface area contributed by atoms with Crippen LogP contribution < -0.4 is 15.4 Å². The minimum atomic E-state index is -0.312. The van der Waals surface area contributed by atoms with E-state index < -0.39 is 0 Å². The van der Waals surface area contributed by atoms with Crippen LogP contribution in [0.3, 0.4) is 0 Å². The molecule has 1 aromatic heterocycles. The molecule has 0 aliphatic rings. The fraction of sp³-hybridized carbons (Fsp3) is 0.182. The van der Waals surface area contributed by atoms with Gasteiger partial charge in [-0.2, -0.15) is 11.3 Å². The molecule has 7 heteroatoms. The van der Waals surface area contributed by atoms with Crippen molar-refractivity contribution >= 4 is 23.2 Å². The summed E-state index contributed by atoms with van der Waals surface area (Å²) in [5.41, 5.74) is 1.59. The van der Waals surface area contributed by atoms with Crippen LogP contribution in [0.4, 0.5) is 4.39 Å². The van der Waals surface area contributed by atoms with E-state index in [0.717, 1.165) is 5.56 Å². The molecular weight excluding hydrogens is 391 g/mol. The van der Waals surface area contributed by atoms with Crippen molar-refractivity contribution < 1.29 is 18.7 Å². The van der Waals surface area contributed by atoms with Gasteiger partial charge in [0.2, 0.25) is 5.91 Å². The second kappa shape index (κ2) is 10.4. The summed E-state index contributed by atoms with van der Waals surface area (Å²) in [5.74, 6) is 0.691. The molecule has 2 amide bonds. The van der Waals surface area contributed by atoms with Crippen molar-refractivity contribution in [3.8, 4) is 11.5 Å². The number of rotatable bonds is 9. The number of halogens is 1. The van der Waals surface area contributed by atoms with Gasteiger partial charge in [0.15, 0.2) is 0 Å². The average Bonchev–Trinajstić information content (AvgIpc) is 3.27. The lowest BCUT2D eigenvalue weighted by molar-refractivity contribution is -0.121. The smallest absolute Gasteiger partial charge is 0.252 e. The Bertz CT molecular complexity index is 926. The lowest BCUT2D eigenvalue weighted by Gasteiger charge is -2.08. The topological polar surface area (TPSA) is 67.4 Å². The molecule has 3 aromatic rings. The normalized spacial score (nSPS) is 10.4. The van der Waals surface area contributed by atoms with Crippen LogP contribution in [-0.2, 0) is 11.3 Å². The monoisotopic (exact) mass is 412 g/mol. The molecule has 150 valence electrons. The Morgan fingerprint density at radius 3 is 2.28 bits per heavy atom. The Hall–Kier alpha value is -3.19.